The van der Waals surface area contributed by atoms with Gasteiger partial charge >= 0.3 is 0 Å². The Morgan fingerprint density at radius 2 is 2.23 bits per heavy atom. The van der Waals surface area contributed by atoms with Crippen molar-refractivity contribution in [2.24, 2.45) is 0 Å². The molecular weight excluding hydrogens is 170 g/mol. The fourth-order valence-corrected chi connectivity index (χ4v) is 1.20. The van der Waals surface area contributed by atoms with Crippen LogP contribution in [-0.4, -0.2) is 29.1 Å². The molecule has 1 aromatic rings. The van der Waals surface area contributed by atoms with Crippen molar-refractivity contribution in [2.75, 3.05) is 18.8 Å². The second-order valence-corrected chi connectivity index (χ2v) is 2.80. The van der Waals surface area contributed by atoms with Crippen LogP contribution in [0.25, 0.3) is 0 Å². The topological polar surface area (TPSA) is 72.4 Å². The van der Waals surface area contributed by atoms with E-state index in [0.29, 0.717) is 13.1 Å². The fourth-order valence-electron chi connectivity index (χ4n) is 1.20. The number of carbonyl (C=O) groups excluding carboxylic acids is 1. The van der Waals surface area contributed by atoms with Crippen LogP contribution in [-0.2, 0) is 0 Å². The number of hydrogen-bond acceptors (Lipinski definition) is 4. The zero-order chi connectivity index (χ0) is 9.26. The lowest BCUT2D eigenvalue weighted by atomic mass is 10.3. The molecule has 0 bridgehead atoms. The third-order valence-electron chi connectivity index (χ3n) is 1.85. The first-order chi connectivity index (χ1) is 6.27. The summed E-state index contributed by atoms with van der Waals surface area (Å²) in [7, 11) is 0. The van der Waals surface area contributed by atoms with E-state index < -0.39 is 0 Å². The van der Waals surface area contributed by atoms with Crippen molar-refractivity contribution in [1.29, 1.82) is 0 Å². The van der Waals surface area contributed by atoms with Gasteiger partial charge in [-0.15, -0.1) is 0 Å². The van der Waals surface area contributed by atoms with Crippen LogP contribution in [0.15, 0.2) is 22.7 Å². The minimum Gasteiger partial charge on any atom is -0.368 e. The number of carbonyl (C=O) groups is 1. The molecule has 5 heteroatoms. The molecule has 2 rings (SSSR count). The van der Waals surface area contributed by atoms with Gasteiger partial charge in [-0.05, 0) is 0 Å². The van der Waals surface area contributed by atoms with Crippen molar-refractivity contribution in [3.8, 4) is 0 Å². The monoisotopic (exact) mass is 179 g/mol. The van der Waals surface area contributed by atoms with Crippen LogP contribution in [0.2, 0.25) is 0 Å². The third kappa shape index (κ3) is 1.40. The van der Waals surface area contributed by atoms with E-state index in [9.17, 15) is 4.79 Å². The number of nitrogens with two attached hydrogens (primary N) is 1. The zero-order valence-corrected chi connectivity index (χ0v) is 6.93. The quantitative estimate of drug-likeness (QED) is 0.628. The Morgan fingerprint density at radius 3 is 2.77 bits per heavy atom. The van der Waals surface area contributed by atoms with Crippen LogP contribution in [0, 0.1) is 0 Å². The van der Waals surface area contributed by atoms with Crippen molar-refractivity contribution < 1.29 is 9.32 Å². The molecule has 5 nitrogen and oxygen atoms in total. The van der Waals surface area contributed by atoms with Gasteiger partial charge in [0.25, 0.3) is 5.91 Å². The standard InChI is InChI=1S/C8H9N3O2/c9-7-5-6(10-13-7)8(12)11-3-1-2-4-11/h1-2,5H,3-4,9H2. The van der Waals surface area contributed by atoms with Crippen LogP contribution in [0.5, 0.6) is 0 Å². The Hall–Kier alpha value is -1.78. The summed E-state index contributed by atoms with van der Waals surface area (Å²) in [4.78, 5) is 13.2. The minimum atomic E-state index is -0.148. The summed E-state index contributed by atoms with van der Waals surface area (Å²) in [5.74, 6) is 0.0148. The summed E-state index contributed by atoms with van der Waals surface area (Å²) in [6.07, 6.45) is 3.86. The maximum atomic E-state index is 11.6. The molecular formula is C8H9N3O2. The molecule has 0 spiro atoms. The Kier molecular flexibility index (Phi) is 1.77. The predicted octanol–water partition coefficient (Wildman–Crippen LogP) is 0.269. The highest BCUT2D eigenvalue weighted by Crippen LogP contribution is 2.10. The first-order valence-electron chi connectivity index (χ1n) is 3.94. The molecule has 0 saturated heterocycles. The molecule has 0 unspecified atom stereocenters. The van der Waals surface area contributed by atoms with E-state index in [1.54, 1.807) is 4.90 Å². The molecule has 68 valence electrons. The largest absolute Gasteiger partial charge is 0.368 e. The summed E-state index contributed by atoms with van der Waals surface area (Å²) in [5.41, 5.74) is 5.56. The fraction of sp³-hybridized carbons (Fsp3) is 0.250. The van der Waals surface area contributed by atoms with Gasteiger partial charge in [-0.1, -0.05) is 17.3 Å². The van der Waals surface area contributed by atoms with Gasteiger partial charge in [0.1, 0.15) is 0 Å². The number of aromatic nitrogens is 1. The first-order valence-corrected chi connectivity index (χ1v) is 3.94. The van der Waals surface area contributed by atoms with Crippen LogP contribution in [0.3, 0.4) is 0 Å². The molecule has 2 heterocycles. The highest BCUT2D eigenvalue weighted by molar-refractivity contribution is 5.93. The second kappa shape index (κ2) is 2.93. The van der Waals surface area contributed by atoms with Crippen LogP contribution in [0.4, 0.5) is 5.88 Å². The smallest absolute Gasteiger partial charge is 0.276 e. The van der Waals surface area contributed by atoms with Gasteiger partial charge in [0, 0.05) is 19.2 Å². The molecule has 0 aliphatic carbocycles. The van der Waals surface area contributed by atoms with Crippen LogP contribution < -0.4 is 5.73 Å². The number of hydrogen-bond donors (Lipinski definition) is 1. The van der Waals surface area contributed by atoms with E-state index in [1.807, 2.05) is 12.2 Å². The van der Waals surface area contributed by atoms with Crippen molar-refractivity contribution >= 4 is 11.8 Å². The molecule has 2 N–H and O–H groups in total. The number of nitrogens with zero attached hydrogens (tertiary/aromatic N) is 2. The maximum Gasteiger partial charge on any atom is 0.276 e. The second-order valence-electron chi connectivity index (χ2n) is 2.80. The summed E-state index contributed by atoms with van der Waals surface area (Å²) in [5, 5.41) is 3.54. The highest BCUT2D eigenvalue weighted by Gasteiger charge is 2.19. The van der Waals surface area contributed by atoms with E-state index in [2.05, 4.69) is 9.68 Å². The van der Waals surface area contributed by atoms with Gasteiger partial charge in [-0.2, -0.15) is 0 Å². The van der Waals surface area contributed by atoms with Crippen molar-refractivity contribution in [3.05, 3.63) is 23.9 Å². The SMILES string of the molecule is Nc1cc(C(=O)N2CC=CC2)no1. The molecule has 1 amide bonds. The van der Waals surface area contributed by atoms with Crippen molar-refractivity contribution in [1.82, 2.24) is 10.1 Å². The average molecular weight is 179 g/mol. The van der Waals surface area contributed by atoms with E-state index in [-0.39, 0.29) is 17.5 Å². The lowest BCUT2D eigenvalue weighted by Gasteiger charge is -2.12. The molecule has 13 heavy (non-hydrogen) atoms. The van der Waals surface area contributed by atoms with E-state index in [1.165, 1.54) is 6.07 Å². The summed E-state index contributed by atoms with van der Waals surface area (Å²) < 4.78 is 4.61. The third-order valence-corrected chi connectivity index (χ3v) is 1.85. The van der Waals surface area contributed by atoms with Crippen molar-refractivity contribution in [2.45, 2.75) is 0 Å². The molecule has 0 saturated carbocycles. The first kappa shape index (κ1) is 7.85. The summed E-state index contributed by atoms with van der Waals surface area (Å²) in [6, 6.07) is 1.43. The summed E-state index contributed by atoms with van der Waals surface area (Å²) >= 11 is 0. The van der Waals surface area contributed by atoms with Gasteiger partial charge in [0.15, 0.2) is 5.69 Å². The number of anilines is 1. The van der Waals surface area contributed by atoms with Crippen molar-refractivity contribution in [3.63, 3.8) is 0 Å². The van der Waals surface area contributed by atoms with E-state index >= 15 is 0 Å². The van der Waals surface area contributed by atoms with Gasteiger partial charge in [-0.3, -0.25) is 4.79 Å². The molecule has 0 atom stereocenters. The Balaban J connectivity index is 2.13. The Morgan fingerprint density at radius 1 is 1.54 bits per heavy atom. The van der Waals surface area contributed by atoms with Gasteiger partial charge in [-0.25, -0.2) is 0 Å². The van der Waals surface area contributed by atoms with E-state index in [4.69, 9.17) is 5.73 Å². The minimum absolute atomic E-state index is 0.148. The molecule has 1 aliphatic rings. The van der Waals surface area contributed by atoms with Crippen LogP contribution >= 0.6 is 0 Å². The molecule has 0 aromatic carbocycles. The number of nitrogen functional groups attached to an aromatic ring is 1. The van der Waals surface area contributed by atoms with E-state index in [0.717, 1.165) is 0 Å². The highest BCUT2D eigenvalue weighted by atomic mass is 16.5. The molecule has 0 fully saturated rings. The normalized spacial score (nSPS) is 15.2. The van der Waals surface area contributed by atoms with Gasteiger partial charge in [0.05, 0.1) is 0 Å². The lowest BCUT2D eigenvalue weighted by molar-refractivity contribution is 0.0790. The maximum absolute atomic E-state index is 11.6. The molecule has 0 radical (unpaired) electrons. The zero-order valence-electron chi connectivity index (χ0n) is 6.93. The van der Waals surface area contributed by atoms with Gasteiger partial charge in [0.2, 0.25) is 5.88 Å². The number of amides is 1. The Labute approximate surface area is 74.8 Å². The van der Waals surface area contributed by atoms with Crippen LogP contribution in [0.1, 0.15) is 10.5 Å². The average Bonchev–Trinajstić information content (AvgIpc) is 2.72. The summed E-state index contributed by atoms with van der Waals surface area (Å²) in [6.45, 7) is 1.26. The molecule has 1 aliphatic heterocycles. The lowest BCUT2D eigenvalue weighted by Crippen LogP contribution is -2.28. The molecule has 1 aromatic heterocycles. The van der Waals surface area contributed by atoms with Gasteiger partial charge < -0.3 is 15.2 Å². The Bertz CT molecular complexity index is 348. The number of rotatable bonds is 1. The predicted molar refractivity (Wildman–Crippen MR) is 46.0 cm³/mol.